The Balaban J connectivity index is 2.30. The smallest absolute Gasteiger partial charge is 0.278 e. The molecule has 6 nitrogen and oxygen atoms in total. The molecule has 0 aliphatic rings. The van der Waals surface area contributed by atoms with Gasteiger partial charge in [-0.2, -0.15) is 13.5 Å². The molecule has 0 unspecified atom stereocenters. The standard InChI is InChI=1S/C10H11FN4O2S/c11-8-5-7(6-12)1-2-9(8)15-18(16,17)10-3-4-13-14-10/h1-5,15H,6,12H2,(H,13,14). The summed E-state index contributed by atoms with van der Waals surface area (Å²) in [5.41, 5.74) is 5.80. The first kappa shape index (κ1) is 12.5. The molecular formula is C10H11FN4O2S. The normalized spacial score (nSPS) is 11.4. The number of aromatic amines is 1. The van der Waals surface area contributed by atoms with Gasteiger partial charge in [-0.15, -0.1) is 0 Å². The SMILES string of the molecule is NCc1ccc(NS(=O)(=O)c2ccn[nH]2)c(F)c1. The first-order valence-corrected chi connectivity index (χ1v) is 6.52. The van der Waals surface area contributed by atoms with Gasteiger partial charge in [0.25, 0.3) is 10.0 Å². The van der Waals surface area contributed by atoms with Crippen LogP contribution in [0.5, 0.6) is 0 Å². The molecule has 0 saturated carbocycles. The summed E-state index contributed by atoms with van der Waals surface area (Å²) in [6, 6.07) is 5.33. The lowest BCUT2D eigenvalue weighted by atomic mass is 10.2. The van der Waals surface area contributed by atoms with Crippen molar-refractivity contribution < 1.29 is 12.8 Å². The van der Waals surface area contributed by atoms with Crippen LogP contribution < -0.4 is 10.5 Å². The second kappa shape index (κ2) is 4.75. The van der Waals surface area contributed by atoms with Gasteiger partial charge < -0.3 is 5.73 Å². The third-order valence-corrected chi connectivity index (χ3v) is 3.57. The Hall–Kier alpha value is -1.93. The number of anilines is 1. The van der Waals surface area contributed by atoms with E-state index in [0.717, 1.165) is 0 Å². The monoisotopic (exact) mass is 270 g/mol. The fourth-order valence-corrected chi connectivity index (χ4v) is 2.34. The average molecular weight is 270 g/mol. The van der Waals surface area contributed by atoms with Gasteiger partial charge in [0.2, 0.25) is 0 Å². The molecule has 2 rings (SSSR count). The minimum atomic E-state index is -3.85. The van der Waals surface area contributed by atoms with Crippen molar-refractivity contribution in [2.24, 2.45) is 5.73 Å². The van der Waals surface area contributed by atoms with Crippen molar-refractivity contribution in [2.75, 3.05) is 4.72 Å². The first-order valence-electron chi connectivity index (χ1n) is 5.03. The van der Waals surface area contributed by atoms with Crippen molar-refractivity contribution in [1.29, 1.82) is 0 Å². The maximum atomic E-state index is 13.6. The molecule has 8 heteroatoms. The van der Waals surface area contributed by atoms with E-state index in [2.05, 4.69) is 14.9 Å². The number of hydrogen-bond acceptors (Lipinski definition) is 4. The highest BCUT2D eigenvalue weighted by Crippen LogP contribution is 2.19. The third kappa shape index (κ3) is 2.49. The van der Waals surface area contributed by atoms with Crippen molar-refractivity contribution in [3.8, 4) is 0 Å². The van der Waals surface area contributed by atoms with Crippen LogP contribution in [0.15, 0.2) is 35.5 Å². The molecule has 4 N–H and O–H groups in total. The summed E-state index contributed by atoms with van der Waals surface area (Å²) in [5.74, 6) is -0.680. The molecule has 1 aromatic carbocycles. The van der Waals surface area contributed by atoms with Gasteiger partial charge in [-0.1, -0.05) is 6.07 Å². The topological polar surface area (TPSA) is 101 Å². The Morgan fingerprint density at radius 2 is 2.17 bits per heavy atom. The van der Waals surface area contributed by atoms with Gasteiger partial charge in [-0.05, 0) is 23.8 Å². The van der Waals surface area contributed by atoms with E-state index >= 15 is 0 Å². The zero-order chi connectivity index (χ0) is 13.2. The molecule has 0 atom stereocenters. The molecule has 0 spiro atoms. The van der Waals surface area contributed by atoms with Gasteiger partial charge in [-0.3, -0.25) is 9.82 Å². The van der Waals surface area contributed by atoms with Crippen LogP contribution >= 0.6 is 0 Å². The fourth-order valence-electron chi connectivity index (χ4n) is 1.36. The Bertz CT molecular complexity index is 640. The number of benzene rings is 1. The van der Waals surface area contributed by atoms with E-state index in [1.807, 2.05) is 0 Å². The second-order valence-electron chi connectivity index (χ2n) is 3.54. The lowest BCUT2D eigenvalue weighted by molar-refractivity contribution is 0.594. The summed E-state index contributed by atoms with van der Waals surface area (Å²) >= 11 is 0. The number of nitrogens with one attached hydrogen (secondary N) is 2. The number of rotatable bonds is 4. The van der Waals surface area contributed by atoms with Crippen molar-refractivity contribution in [1.82, 2.24) is 10.2 Å². The van der Waals surface area contributed by atoms with Crippen LogP contribution in [0.3, 0.4) is 0 Å². The molecule has 0 bridgehead atoms. The molecule has 0 amide bonds. The van der Waals surface area contributed by atoms with E-state index in [4.69, 9.17) is 5.73 Å². The largest absolute Gasteiger partial charge is 0.326 e. The number of H-pyrrole nitrogens is 1. The molecule has 0 aliphatic heterocycles. The second-order valence-corrected chi connectivity index (χ2v) is 5.20. The van der Waals surface area contributed by atoms with Crippen molar-refractivity contribution in [2.45, 2.75) is 11.6 Å². The minimum absolute atomic E-state index is 0.134. The summed E-state index contributed by atoms with van der Waals surface area (Å²) < 4.78 is 39.3. The summed E-state index contributed by atoms with van der Waals surface area (Å²) in [7, 11) is -3.85. The number of hydrogen-bond donors (Lipinski definition) is 3. The zero-order valence-corrected chi connectivity index (χ0v) is 10.0. The summed E-state index contributed by atoms with van der Waals surface area (Å²) in [6.45, 7) is 0.185. The van der Waals surface area contributed by atoms with Crippen LogP contribution in [0.2, 0.25) is 0 Å². The molecule has 0 radical (unpaired) electrons. The van der Waals surface area contributed by atoms with Gasteiger partial charge in [-0.25, -0.2) is 4.39 Å². The lowest BCUT2D eigenvalue weighted by Crippen LogP contribution is -2.14. The van der Waals surface area contributed by atoms with Crippen molar-refractivity contribution >= 4 is 15.7 Å². The Morgan fingerprint density at radius 3 is 2.72 bits per heavy atom. The van der Waals surface area contributed by atoms with E-state index in [1.165, 1.54) is 24.4 Å². The quantitative estimate of drug-likeness (QED) is 0.765. The maximum absolute atomic E-state index is 13.6. The molecule has 1 heterocycles. The lowest BCUT2D eigenvalue weighted by Gasteiger charge is -2.08. The summed E-state index contributed by atoms with van der Waals surface area (Å²) in [5, 5.41) is 5.69. The van der Waals surface area contributed by atoms with Gasteiger partial charge in [0.15, 0.2) is 5.03 Å². The highest BCUT2D eigenvalue weighted by Gasteiger charge is 2.17. The molecule has 1 aromatic heterocycles. The van der Waals surface area contributed by atoms with E-state index < -0.39 is 15.8 Å². The van der Waals surface area contributed by atoms with Gasteiger partial charge in [0.1, 0.15) is 5.82 Å². The number of halogens is 1. The van der Waals surface area contributed by atoms with Gasteiger partial charge in [0, 0.05) is 6.54 Å². The van der Waals surface area contributed by atoms with E-state index in [9.17, 15) is 12.8 Å². The average Bonchev–Trinajstić information content (AvgIpc) is 2.86. The van der Waals surface area contributed by atoms with Crippen LogP contribution in [0, 0.1) is 5.82 Å². The fraction of sp³-hybridized carbons (Fsp3) is 0.100. The van der Waals surface area contributed by atoms with Gasteiger partial charge in [0.05, 0.1) is 11.9 Å². The number of aromatic nitrogens is 2. The first-order chi connectivity index (χ1) is 8.53. The van der Waals surface area contributed by atoms with Crippen molar-refractivity contribution in [3.05, 3.63) is 41.8 Å². The number of nitrogens with two attached hydrogens (primary N) is 1. The molecule has 96 valence electrons. The molecule has 18 heavy (non-hydrogen) atoms. The van der Waals surface area contributed by atoms with E-state index in [1.54, 1.807) is 6.07 Å². The van der Waals surface area contributed by atoms with Crippen LogP contribution in [-0.4, -0.2) is 18.6 Å². The minimum Gasteiger partial charge on any atom is -0.326 e. The predicted molar refractivity (Wildman–Crippen MR) is 63.7 cm³/mol. The van der Waals surface area contributed by atoms with Crippen LogP contribution in [0.1, 0.15) is 5.56 Å². The highest BCUT2D eigenvalue weighted by atomic mass is 32.2. The predicted octanol–water partition coefficient (Wildman–Crippen LogP) is 0.808. The van der Waals surface area contributed by atoms with Crippen LogP contribution in [0.25, 0.3) is 0 Å². The summed E-state index contributed by atoms with van der Waals surface area (Å²) in [6.07, 6.45) is 1.29. The maximum Gasteiger partial charge on any atom is 0.278 e. The van der Waals surface area contributed by atoms with Crippen LogP contribution in [0.4, 0.5) is 10.1 Å². The third-order valence-electron chi connectivity index (χ3n) is 2.28. The number of nitrogens with zero attached hydrogens (tertiary/aromatic N) is 1. The molecule has 0 saturated heterocycles. The Morgan fingerprint density at radius 1 is 1.39 bits per heavy atom. The van der Waals surface area contributed by atoms with Gasteiger partial charge >= 0.3 is 0 Å². The van der Waals surface area contributed by atoms with E-state index in [-0.39, 0.29) is 17.3 Å². The molecule has 0 aliphatic carbocycles. The van der Waals surface area contributed by atoms with Crippen molar-refractivity contribution in [3.63, 3.8) is 0 Å². The summed E-state index contributed by atoms with van der Waals surface area (Å²) in [4.78, 5) is 0. The van der Waals surface area contributed by atoms with E-state index in [0.29, 0.717) is 5.56 Å². The molecular weight excluding hydrogens is 259 g/mol. The Kier molecular flexibility index (Phi) is 3.30. The number of sulfonamides is 1. The van der Waals surface area contributed by atoms with Crippen LogP contribution in [-0.2, 0) is 16.6 Å². The Labute approximate surface area is 103 Å². The molecule has 0 fully saturated rings. The molecule has 2 aromatic rings. The zero-order valence-electron chi connectivity index (χ0n) is 9.22. The highest BCUT2D eigenvalue weighted by molar-refractivity contribution is 7.92.